The Morgan fingerprint density at radius 1 is 0.879 bits per heavy atom. The summed E-state index contributed by atoms with van der Waals surface area (Å²) in [5.74, 6) is 0.752. The molecule has 0 amide bonds. The fraction of sp³-hybridized carbons (Fsp3) is 0.185. The Hall–Kier alpha value is -4.06. The molecule has 6 nitrogen and oxygen atoms in total. The number of hydrogen-bond acceptors (Lipinski definition) is 3. The van der Waals surface area contributed by atoms with Crippen LogP contribution in [-0.4, -0.2) is 20.8 Å². The van der Waals surface area contributed by atoms with E-state index >= 15 is 0 Å². The average Bonchev–Trinajstić information content (AvgIpc) is 3.10. The van der Waals surface area contributed by atoms with Crippen molar-refractivity contribution in [2.45, 2.75) is 20.4 Å². The van der Waals surface area contributed by atoms with Gasteiger partial charge in [0.25, 0.3) is 5.56 Å². The van der Waals surface area contributed by atoms with Gasteiger partial charge in [-0.3, -0.25) is 9.36 Å². The average molecular weight is 440 g/mol. The Balaban J connectivity index is 1.92. The normalized spacial score (nSPS) is 11.4. The van der Waals surface area contributed by atoms with E-state index in [1.807, 2.05) is 92.2 Å². The largest absolute Gasteiger partial charge is 0.497 e. The smallest absolute Gasteiger partial charge is 0.336 e. The van der Waals surface area contributed by atoms with Crippen LogP contribution in [0.2, 0.25) is 0 Å². The maximum atomic E-state index is 13.9. The van der Waals surface area contributed by atoms with Gasteiger partial charge in [0, 0.05) is 12.4 Å². The third kappa shape index (κ3) is 3.26. The lowest BCUT2D eigenvalue weighted by atomic mass is 10.1. The summed E-state index contributed by atoms with van der Waals surface area (Å²) in [4.78, 5) is 27.7. The molecule has 5 rings (SSSR count). The molecule has 0 bridgehead atoms. The van der Waals surface area contributed by atoms with Gasteiger partial charge >= 0.3 is 5.69 Å². The molecule has 0 fully saturated rings. The Morgan fingerprint density at radius 3 is 2.30 bits per heavy atom. The fourth-order valence-electron chi connectivity index (χ4n) is 4.55. The zero-order valence-electron chi connectivity index (χ0n) is 19.1. The monoisotopic (exact) mass is 439 g/mol. The van der Waals surface area contributed by atoms with Gasteiger partial charge in [-0.15, -0.1) is 0 Å². The predicted molar refractivity (Wildman–Crippen MR) is 132 cm³/mol. The number of rotatable bonds is 4. The Labute approximate surface area is 190 Å². The molecule has 0 saturated carbocycles. The molecule has 0 aliphatic carbocycles. The van der Waals surface area contributed by atoms with E-state index in [1.54, 1.807) is 11.7 Å². The molecule has 0 radical (unpaired) electrons. The van der Waals surface area contributed by atoms with E-state index in [0.717, 1.165) is 33.3 Å². The van der Waals surface area contributed by atoms with Gasteiger partial charge in [-0.05, 0) is 55.3 Å². The molecule has 5 aromatic rings. The number of aromatic nitrogens is 3. The molecule has 6 heteroatoms. The van der Waals surface area contributed by atoms with Crippen LogP contribution in [0.15, 0.2) is 76.3 Å². The van der Waals surface area contributed by atoms with Crippen molar-refractivity contribution in [2.75, 3.05) is 7.11 Å². The molecule has 2 heterocycles. The van der Waals surface area contributed by atoms with Crippen molar-refractivity contribution < 1.29 is 4.74 Å². The first-order chi connectivity index (χ1) is 15.9. The van der Waals surface area contributed by atoms with Crippen LogP contribution >= 0.6 is 0 Å². The summed E-state index contributed by atoms with van der Waals surface area (Å²) < 4.78 is 10.2. The first-order valence-electron chi connectivity index (χ1n) is 10.8. The van der Waals surface area contributed by atoms with E-state index in [2.05, 4.69) is 0 Å². The van der Waals surface area contributed by atoms with Crippen LogP contribution in [0.1, 0.15) is 16.7 Å². The highest BCUT2D eigenvalue weighted by atomic mass is 16.5. The van der Waals surface area contributed by atoms with Gasteiger partial charge in [0.2, 0.25) is 0 Å². The van der Waals surface area contributed by atoms with Crippen LogP contribution in [0.4, 0.5) is 0 Å². The molecular weight excluding hydrogens is 414 g/mol. The van der Waals surface area contributed by atoms with E-state index in [0.29, 0.717) is 23.3 Å². The molecule has 33 heavy (non-hydrogen) atoms. The Kier molecular flexibility index (Phi) is 4.93. The molecule has 0 atom stereocenters. The van der Waals surface area contributed by atoms with Gasteiger partial charge in [0.05, 0.1) is 30.4 Å². The molecule has 0 unspecified atom stereocenters. The lowest BCUT2D eigenvalue weighted by Gasteiger charge is -2.15. The number of aryl methyl sites for hydroxylation is 3. The summed E-state index contributed by atoms with van der Waals surface area (Å²) >= 11 is 0. The van der Waals surface area contributed by atoms with E-state index in [9.17, 15) is 9.59 Å². The van der Waals surface area contributed by atoms with Gasteiger partial charge in [-0.25, -0.2) is 9.36 Å². The summed E-state index contributed by atoms with van der Waals surface area (Å²) in [6.45, 7) is 4.25. The second-order valence-corrected chi connectivity index (χ2v) is 8.42. The highest BCUT2D eigenvalue weighted by Crippen LogP contribution is 2.27. The van der Waals surface area contributed by atoms with Gasteiger partial charge in [0.1, 0.15) is 11.3 Å². The molecule has 0 saturated heterocycles. The van der Waals surface area contributed by atoms with Crippen LogP contribution in [0.5, 0.6) is 5.75 Å². The van der Waals surface area contributed by atoms with Crippen molar-refractivity contribution in [3.63, 3.8) is 0 Å². The topological polar surface area (TPSA) is 58.2 Å². The highest BCUT2D eigenvalue weighted by Gasteiger charge is 2.22. The van der Waals surface area contributed by atoms with Gasteiger partial charge in [-0.2, -0.15) is 0 Å². The zero-order chi connectivity index (χ0) is 23.3. The van der Waals surface area contributed by atoms with Crippen molar-refractivity contribution in [3.8, 4) is 11.4 Å². The molecule has 166 valence electrons. The maximum Gasteiger partial charge on any atom is 0.336 e. The van der Waals surface area contributed by atoms with E-state index in [-0.39, 0.29) is 11.2 Å². The molecule has 0 aliphatic rings. The minimum absolute atomic E-state index is 0.313. The number of methoxy groups -OCH3 is 1. The van der Waals surface area contributed by atoms with Crippen molar-refractivity contribution in [1.82, 2.24) is 13.7 Å². The highest BCUT2D eigenvalue weighted by molar-refractivity contribution is 6.06. The number of para-hydroxylation sites is 1. The fourth-order valence-corrected chi connectivity index (χ4v) is 4.55. The Bertz CT molecular complexity index is 1640. The molecule has 3 aromatic carbocycles. The molecule has 0 N–H and O–H groups in total. The number of nitrogens with zero attached hydrogens (tertiary/aromatic N) is 3. The van der Waals surface area contributed by atoms with Crippen LogP contribution in [0.25, 0.3) is 27.6 Å². The zero-order valence-corrected chi connectivity index (χ0v) is 19.1. The van der Waals surface area contributed by atoms with Crippen LogP contribution in [-0.2, 0) is 13.6 Å². The summed E-state index contributed by atoms with van der Waals surface area (Å²) in [7, 11) is 3.51. The van der Waals surface area contributed by atoms with E-state index < -0.39 is 0 Å². The van der Waals surface area contributed by atoms with Crippen LogP contribution in [0.3, 0.4) is 0 Å². The quantitative estimate of drug-likeness (QED) is 0.419. The predicted octanol–water partition coefficient (Wildman–Crippen LogP) is 4.32. The lowest BCUT2D eigenvalue weighted by molar-refractivity contribution is 0.414. The summed E-state index contributed by atoms with van der Waals surface area (Å²) in [6, 6.07) is 21.2. The second kappa shape index (κ2) is 7.81. The molecule has 0 aliphatic heterocycles. The lowest BCUT2D eigenvalue weighted by Crippen LogP contribution is -2.39. The summed E-state index contributed by atoms with van der Waals surface area (Å²) in [6.07, 6.45) is 0. The number of hydrogen-bond donors (Lipinski definition) is 0. The molecular formula is C27H25N3O3. The standard InChI is InChI=1S/C27H25N3O3/c1-17-9-14-23-21(15-17)24-25(28(23)3)26(31)30(22-8-6-5-7-18(22)2)27(32)29(24)16-19-10-12-20(33-4)13-11-19/h5-15H,16H2,1-4H3. The van der Waals surface area contributed by atoms with Crippen molar-refractivity contribution in [3.05, 3.63) is 104 Å². The third-order valence-electron chi connectivity index (χ3n) is 6.28. The summed E-state index contributed by atoms with van der Waals surface area (Å²) in [5, 5.41) is 0.896. The minimum atomic E-state index is -0.355. The third-order valence-corrected chi connectivity index (χ3v) is 6.28. The number of ether oxygens (including phenoxy) is 1. The molecule has 2 aromatic heterocycles. The van der Waals surface area contributed by atoms with Gasteiger partial charge < -0.3 is 9.30 Å². The van der Waals surface area contributed by atoms with Crippen molar-refractivity contribution in [2.24, 2.45) is 7.05 Å². The van der Waals surface area contributed by atoms with Crippen molar-refractivity contribution in [1.29, 1.82) is 0 Å². The number of fused-ring (bicyclic) bond motifs is 3. The second-order valence-electron chi connectivity index (χ2n) is 8.42. The van der Waals surface area contributed by atoms with Crippen molar-refractivity contribution >= 4 is 21.9 Å². The number of benzene rings is 3. The van der Waals surface area contributed by atoms with Crippen LogP contribution in [0, 0.1) is 13.8 Å². The minimum Gasteiger partial charge on any atom is -0.497 e. The van der Waals surface area contributed by atoms with Gasteiger partial charge in [-0.1, -0.05) is 42.0 Å². The van der Waals surface area contributed by atoms with E-state index in [1.165, 1.54) is 4.57 Å². The maximum absolute atomic E-state index is 13.9. The first-order valence-corrected chi connectivity index (χ1v) is 10.8. The summed E-state index contributed by atoms with van der Waals surface area (Å²) in [5.41, 5.74) is 4.89. The first kappa shape index (κ1) is 20.8. The van der Waals surface area contributed by atoms with Crippen LogP contribution < -0.4 is 16.0 Å². The van der Waals surface area contributed by atoms with Gasteiger partial charge in [0.15, 0.2) is 0 Å². The van der Waals surface area contributed by atoms with E-state index in [4.69, 9.17) is 4.74 Å². The Morgan fingerprint density at radius 2 is 1.61 bits per heavy atom. The SMILES string of the molecule is COc1ccc(Cn2c(=O)n(-c3ccccc3C)c(=O)c3c2c2cc(C)ccc2n3C)cc1. The molecule has 0 spiro atoms.